The number of carbonyl (C=O) groups excluding carboxylic acids is 2. The zero-order chi connectivity index (χ0) is 20.1. The third-order valence-electron chi connectivity index (χ3n) is 4.93. The van der Waals surface area contributed by atoms with Crippen LogP contribution in [0.2, 0.25) is 0 Å². The molecule has 0 unspecified atom stereocenters. The first-order valence-corrected chi connectivity index (χ1v) is 9.54. The minimum absolute atomic E-state index is 0.163. The first-order valence-electron chi connectivity index (χ1n) is 9.54. The Kier molecular flexibility index (Phi) is 6.19. The minimum Gasteiger partial charge on any atom is -0.496 e. The number of benzene rings is 2. The van der Waals surface area contributed by atoms with E-state index >= 15 is 0 Å². The average Bonchev–Trinajstić information content (AvgIpc) is 2.72. The van der Waals surface area contributed by atoms with Crippen molar-refractivity contribution >= 4 is 23.2 Å². The van der Waals surface area contributed by atoms with Crippen molar-refractivity contribution in [3.63, 3.8) is 0 Å². The van der Waals surface area contributed by atoms with Crippen LogP contribution in [0.15, 0.2) is 36.4 Å². The molecule has 2 aromatic carbocycles. The predicted octanol–water partition coefficient (Wildman–Crippen LogP) is 4.04. The summed E-state index contributed by atoms with van der Waals surface area (Å²) in [5, 5.41) is 2.92. The number of nitrogens with one attached hydrogen (secondary N) is 1. The van der Waals surface area contributed by atoms with Gasteiger partial charge in [-0.3, -0.25) is 9.59 Å². The lowest BCUT2D eigenvalue weighted by molar-refractivity contribution is -0.118. The molecule has 1 heterocycles. The third-order valence-corrected chi connectivity index (χ3v) is 4.93. The summed E-state index contributed by atoms with van der Waals surface area (Å²) in [7, 11) is 3.04. The van der Waals surface area contributed by atoms with Gasteiger partial charge in [0.05, 0.1) is 14.2 Å². The van der Waals surface area contributed by atoms with E-state index in [0.717, 1.165) is 30.6 Å². The van der Waals surface area contributed by atoms with E-state index in [4.69, 9.17) is 9.47 Å². The molecule has 0 saturated carbocycles. The Bertz CT molecular complexity index is 857. The second kappa shape index (κ2) is 8.78. The van der Waals surface area contributed by atoms with Crippen molar-refractivity contribution in [2.45, 2.75) is 32.6 Å². The zero-order valence-electron chi connectivity index (χ0n) is 16.6. The molecule has 0 bridgehead atoms. The molecule has 0 aliphatic carbocycles. The normalized spacial score (nSPS) is 13.1. The maximum absolute atomic E-state index is 12.9. The summed E-state index contributed by atoms with van der Waals surface area (Å²) in [6.07, 6.45) is 3.18. The molecular weight excluding hydrogens is 356 g/mol. The Labute approximate surface area is 165 Å². The van der Waals surface area contributed by atoms with Crippen LogP contribution in [0, 0.1) is 0 Å². The molecule has 0 saturated heterocycles. The minimum atomic E-state index is -0.302. The van der Waals surface area contributed by atoms with Crippen LogP contribution < -0.4 is 19.7 Å². The second-order valence-electron chi connectivity index (χ2n) is 6.73. The quantitative estimate of drug-likeness (QED) is 0.785. The highest BCUT2D eigenvalue weighted by Gasteiger charge is 2.24. The van der Waals surface area contributed by atoms with Crippen LogP contribution >= 0.6 is 0 Å². The van der Waals surface area contributed by atoms with Gasteiger partial charge in [0.25, 0.3) is 5.91 Å². The van der Waals surface area contributed by atoms with E-state index in [9.17, 15) is 9.59 Å². The number of methoxy groups -OCH3 is 2. The number of amides is 2. The highest BCUT2D eigenvalue weighted by Crippen LogP contribution is 2.32. The SMILES string of the molecule is CCCCN1C(=O)CCc2cc(NC(=O)c3c(OC)cccc3OC)ccc21. The number of aryl methyl sites for hydroxylation is 1. The Morgan fingerprint density at radius 3 is 2.46 bits per heavy atom. The molecule has 2 amide bonds. The fourth-order valence-electron chi connectivity index (χ4n) is 3.47. The number of hydrogen-bond donors (Lipinski definition) is 1. The maximum atomic E-state index is 12.9. The molecule has 0 fully saturated rings. The molecular formula is C22H26N2O4. The van der Waals surface area contributed by atoms with Gasteiger partial charge in [0, 0.05) is 24.3 Å². The van der Waals surface area contributed by atoms with E-state index in [-0.39, 0.29) is 11.8 Å². The summed E-state index contributed by atoms with van der Waals surface area (Å²) in [5.74, 6) is 0.762. The van der Waals surface area contributed by atoms with Gasteiger partial charge in [-0.15, -0.1) is 0 Å². The zero-order valence-corrected chi connectivity index (χ0v) is 16.6. The molecule has 0 radical (unpaired) electrons. The molecule has 0 spiro atoms. The van der Waals surface area contributed by atoms with Crippen LogP contribution in [-0.4, -0.2) is 32.6 Å². The van der Waals surface area contributed by atoms with Gasteiger partial charge in [0.15, 0.2) is 0 Å². The maximum Gasteiger partial charge on any atom is 0.263 e. The smallest absolute Gasteiger partial charge is 0.263 e. The van der Waals surface area contributed by atoms with E-state index in [1.165, 1.54) is 14.2 Å². The van der Waals surface area contributed by atoms with Gasteiger partial charge < -0.3 is 19.7 Å². The fourth-order valence-corrected chi connectivity index (χ4v) is 3.47. The first kappa shape index (κ1) is 19.7. The number of anilines is 2. The van der Waals surface area contributed by atoms with Gasteiger partial charge in [-0.2, -0.15) is 0 Å². The molecule has 2 aromatic rings. The van der Waals surface area contributed by atoms with Crippen LogP contribution in [0.3, 0.4) is 0 Å². The lowest BCUT2D eigenvalue weighted by Crippen LogP contribution is -2.35. The number of hydrogen-bond acceptors (Lipinski definition) is 4. The average molecular weight is 382 g/mol. The van der Waals surface area contributed by atoms with Gasteiger partial charge in [-0.05, 0) is 48.7 Å². The summed E-state index contributed by atoms with van der Waals surface area (Å²) < 4.78 is 10.6. The van der Waals surface area contributed by atoms with Crippen molar-refractivity contribution in [1.29, 1.82) is 0 Å². The molecule has 1 aliphatic rings. The summed E-state index contributed by atoms with van der Waals surface area (Å²) in [5.41, 5.74) is 3.05. The monoisotopic (exact) mass is 382 g/mol. The van der Waals surface area contributed by atoms with Gasteiger partial charge in [-0.25, -0.2) is 0 Å². The Morgan fingerprint density at radius 1 is 1.11 bits per heavy atom. The van der Waals surface area contributed by atoms with Crippen LogP contribution in [0.5, 0.6) is 11.5 Å². The number of nitrogens with zero attached hydrogens (tertiary/aromatic N) is 1. The molecule has 0 aromatic heterocycles. The Hall–Kier alpha value is -3.02. The number of rotatable bonds is 7. The van der Waals surface area contributed by atoms with Crippen LogP contribution in [0.25, 0.3) is 0 Å². The van der Waals surface area contributed by atoms with Gasteiger partial charge in [-0.1, -0.05) is 19.4 Å². The van der Waals surface area contributed by atoms with E-state index in [1.807, 2.05) is 23.1 Å². The predicted molar refractivity (Wildman–Crippen MR) is 110 cm³/mol. The standard InChI is InChI=1S/C22H26N2O4/c1-4-5-13-24-17-11-10-16(14-15(17)9-12-20(24)25)23-22(26)21-18(27-2)7-6-8-19(21)28-3/h6-8,10-11,14H,4-5,9,12-13H2,1-3H3,(H,23,26). The number of ether oxygens (including phenoxy) is 2. The Morgan fingerprint density at radius 2 is 1.82 bits per heavy atom. The van der Waals surface area contributed by atoms with Crippen molar-refractivity contribution < 1.29 is 19.1 Å². The van der Waals surface area contributed by atoms with E-state index in [2.05, 4.69) is 12.2 Å². The van der Waals surface area contributed by atoms with Gasteiger partial charge in [0.2, 0.25) is 5.91 Å². The van der Waals surface area contributed by atoms with Gasteiger partial charge >= 0.3 is 0 Å². The van der Waals surface area contributed by atoms with Crippen molar-refractivity contribution in [2.75, 3.05) is 31.0 Å². The largest absolute Gasteiger partial charge is 0.496 e. The highest BCUT2D eigenvalue weighted by atomic mass is 16.5. The molecule has 1 N–H and O–H groups in total. The van der Waals surface area contributed by atoms with Gasteiger partial charge in [0.1, 0.15) is 17.1 Å². The van der Waals surface area contributed by atoms with E-state index in [0.29, 0.717) is 35.6 Å². The van der Waals surface area contributed by atoms with Crippen molar-refractivity contribution in [2.24, 2.45) is 0 Å². The topological polar surface area (TPSA) is 67.9 Å². The lowest BCUT2D eigenvalue weighted by Gasteiger charge is -2.29. The molecule has 1 aliphatic heterocycles. The van der Waals surface area contributed by atoms with E-state index < -0.39 is 0 Å². The van der Waals surface area contributed by atoms with Crippen LogP contribution in [-0.2, 0) is 11.2 Å². The third kappa shape index (κ3) is 3.96. The number of carbonyl (C=O) groups is 2. The molecule has 0 atom stereocenters. The van der Waals surface area contributed by atoms with Crippen LogP contribution in [0.4, 0.5) is 11.4 Å². The Balaban J connectivity index is 1.85. The molecule has 3 rings (SSSR count). The summed E-state index contributed by atoms with van der Waals surface area (Å²) in [4.78, 5) is 27.0. The molecule has 6 nitrogen and oxygen atoms in total. The second-order valence-corrected chi connectivity index (χ2v) is 6.73. The van der Waals surface area contributed by atoms with Crippen molar-refractivity contribution in [3.05, 3.63) is 47.5 Å². The molecule has 28 heavy (non-hydrogen) atoms. The lowest BCUT2D eigenvalue weighted by atomic mass is 10.00. The summed E-state index contributed by atoms with van der Waals surface area (Å²) in [6.45, 7) is 2.84. The summed E-state index contributed by atoms with van der Waals surface area (Å²) in [6, 6.07) is 10.9. The number of unbranched alkanes of at least 4 members (excludes halogenated alkanes) is 1. The molecule has 6 heteroatoms. The van der Waals surface area contributed by atoms with Crippen molar-refractivity contribution in [1.82, 2.24) is 0 Å². The van der Waals surface area contributed by atoms with E-state index in [1.54, 1.807) is 18.2 Å². The highest BCUT2D eigenvalue weighted by molar-refractivity contribution is 6.08. The fraction of sp³-hybridized carbons (Fsp3) is 0.364. The van der Waals surface area contributed by atoms with Crippen molar-refractivity contribution in [3.8, 4) is 11.5 Å². The first-order chi connectivity index (χ1) is 13.6. The number of fused-ring (bicyclic) bond motifs is 1. The molecule has 148 valence electrons. The summed E-state index contributed by atoms with van der Waals surface area (Å²) >= 11 is 0. The van der Waals surface area contributed by atoms with Crippen LogP contribution in [0.1, 0.15) is 42.1 Å².